The molecule has 3 aromatic heterocycles. The van der Waals surface area contributed by atoms with E-state index in [4.69, 9.17) is 11.6 Å². The lowest BCUT2D eigenvalue weighted by Crippen LogP contribution is -2.17. The monoisotopic (exact) mass is 364 g/mol. The van der Waals surface area contributed by atoms with Gasteiger partial charge in [0.25, 0.3) is 0 Å². The van der Waals surface area contributed by atoms with Crippen LogP contribution in [0.2, 0.25) is 5.15 Å². The number of hydrogen-bond acceptors (Lipinski definition) is 3. The number of halogens is 5. The third-order valence-corrected chi connectivity index (χ3v) is 3.46. The van der Waals surface area contributed by atoms with E-state index in [0.717, 1.165) is 4.57 Å². The van der Waals surface area contributed by atoms with E-state index in [1.165, 1.54) is 12.4 Å². The first kappa shape index (κ1) is 13.6. The Balaban J connectivity index is 2.45. The van der Waals surface area contributed by atoms with Crippen LogP contribution in [0.5, 0.6) is 0 Å². The van der Waals surface area contributed by atoms with Gasteiger partial charge in [0.15, 0.2) is 5.15 Å². The van der Waals surface area contributed by atoms with Gasteiger partial charge in [-0.3, -0.25) is 0 Å². The molecule has 0 unspecified atom stereocenters. The van der Waals surface area contributed by atoms with Crippen LogP contribution in [0.1, 0.15) is 0 Å². The van der Waals surface area contributed by atoms with Crippen molar-refractivity contribution in [2.75, 3.05) is 0 Å². The first-order valence-corrected chi connectivity index (χ1v) is 6.55. The maximum Gasteiger partial charge on any atom is 0.406 e. The SMILES string of the molecule is FC(F)(F)Cn1c2ccc(Br)nc2c2ncnc(Cl)c21. The van der Waals surface area contributed by atoms with Crippen LogP contribution in [-0.4, -0.2) is 25.7 Å². The van der Waals surface area contributed by atoms with Crippen LogP contribution in [0.4, 0.5) is 13.2 Å². The molecule has 3 heterocycles. The summed E-state index contributed by atoms with van der Waals surface area (Å²) in [4.78, 5) is 11.9. The van der Waals surface area contributed by atoms with Crippen molar-refractivity contribution in [3.8, 4) is 0 Å². The second-order valence-electron chi connectivity index (χ2n) is 4.06. The minimum atomic E-state index is -4.38. The molecule has 0 N–H and O–H groups in total. The van der Waals surface area contributed by atoms with Crippen LogP contribution >= 0.6 is 27.5 Å². The Bertz CT molecular complexity index is 815. The molecule has 0 atom stereocenters. The summed E-state index contributed by atoms with van der Waals surface area (Å²) in [6.45, 7) is -1.18. The third-order valence-electron chi connectivity index (χ3n) is 2.74. The minimum absolute atomic E-state index is 0.0339. The van der Waals surface area contributed by atoms with Crippen LogP contribution in [0.3, 0.4) is 0 Å². The molecule has 0 aromatic carbocycles. The van der Waals surface area contributed by atoms with Gasteiger partial charge in [0, 0.05) is 0 Å². The van der Waals surface area contributed by atoms with Crippen molar-refractivity contribution in [2.45, 2.75) is 12.7 Å². The molecule has 20 heavy (non-hydrogen) atoms. The van der Waals surface area contributed by atoms with Gasteiger partial charge < -0.3 is 4.57 Å². The summed E-state index contributed by atoms with van der Waals surface area (Å²) < 4.78 is 39.8. The summed E-state index contributed by atoms with van der Waals surface area (Å²) >= 11 is 9.11. The third kappa shape index (κ3) is 2.22. The first-order valence-electron chi connectivity index (χ1n) is 5.38. The number of nitrogens with zero attached hydrogens (tertiary/aromatic N) is 4. The Hall–Kier alpha value is -1.41. The average molecular weight is 366 g/mol. The standard InChI is InChI=1S/C11H5BrClF3N4/c12-6-2-1-5-7(19-6)8-9(10(13)18-4-17-8)20(5)3-11(14,15)16/h1-2,4H,3H2. The zero-order valence-electron chi connectivity index (χ0n) is 9.62. The average Bonchev–Trinajstić information content (AvgIpc) is 2.63. The van der Waals surface area contributed by atoms with Crippen molar-refractivity contribution in [1.29, 1.82) is 0 Å². The fraction of sp³-hybridized carbons (Fsp3) is 0.182. The molecule has 3 rings (SSSR count). The van der Waals surface area contributed by atoms with Crippen molar-refractivity contribution >= 4 is 49.6 Å². The van der Waals surface area contributed by atoms with Gasteiger partial charge in [0.2, 0.25) is 0 Å². The number of rotatable bonds is 1. The second-order valence-corrected chi connectivity index (χ2v) is 5.24. The van der Waals surface area contributed by atoms with Gasteiger partial charge in [0.05, 0.1) is 5.52 Å². The summed E-state index contributed by atoms with van der Waals surface area (Å²) in [6.07, 6.45) is -3.18. The predicted molar refractivity (Wildman–Crippen MR) is 71.6 cm³/mol. The van der Waals surface area contributed by atoms with E-state index in [2.05, 4.69) is 30.9 Å². The number of fused-ring (bicyclic) bond motifs is 3. The van der Waals surface area contributed by atoms with E-state index in [-0.39, 0.29) is 10.7 Å². The molecule has 9 heteroatoms. The number of alkyl halides is 3. The van der Waals surface area contributed by atoms with Gasteiger partial charge in [-0.05, 0) is 28.1 Å². The van der Waals surface area contributed by atoms with Gasteiger partial charge >= 0.3 is 6.18 Å². The van der Waals surface area contributed by atoms with Crippen LogP contribution in [-0.2, 0) is 6.54 Å². The summed E-state index contributed by atoms with van der Waals surface area (Å²) in [5, 5.41) is -0.0339. The molecule has 3 aromatic rings. The van der Waals surface area contributed by atoms with E-state index >= 15 is 0 Å². The van der Waals surface area contributed by atoms with Crippen molar-refractivity contribution in [3.05, 3.63) is 28.2 Å². The van der Waals surface area contributed by atoms with Crippen LogP contribution in [0.25, 0.3) is 22.1 Å². The maximum absolute atomic E-state index is 12.8. The lowest BCUT2D eigenvalue weighted by molar-refractivity contribution is -0.139. The fourth-order valence-electron chi connectivity index (χ4n) is 2.05. The highest BCUT2D eigenvalue weighted by Crippen LogP contribution is 2.33. The Morgan fingerprint density at radius 3 is 2.65 bits per heavy atom. The zero-order chi connectivity index (χ0) is 14.5. The quantitative estimate of drug-likeness (QED) is 0.484. The Labute approximate surface area is 123 Å². The predicted octanol–water partition coefficient (Wildman–Crippen LogP) is 3.96. The molecule has 0 fully saturated rings. The summed E-state index contributed by atoms with van der Waals surface area (Å²) in [6, 6.07) is 3.10. The molecular formula is C11H5BrClF3N4. The fourth-order valence-corrected chi connectivity index (χ4v) is 2.60. The lowest BCUT2D eigenvalue weighted by Gasteiger charge is -2.10. The van der Waals surface area contributed by atoms with Crippen molar-refractivity contribution < 1.29 is 13.2 Å². The van der Waals surface area contributed by atoms with E-state index < -0.39 is 12.7 Å². The summed E-state index contributed by atoms with van der Waals surface area (Å²) in [5.41, 5.74) is 1.09. The first-order chi connectivity index (χ1) is 9.37. The topological polar surface area (TPSA) is 43.6 Å². The lowest BCUT2D eigenvalue weighted by atomic mass is 10.3. The normalized spacial score (nSPS) is 12.4. The second kappa shape index (κ2) is 4.56. The van der Waals surface area contributed by atoms with E-state index in [1.54, 1.807) is 6.07 Å². The maximum atomic E-state index is 12.8. The molecule has 0 bridgehead atoms. The van der Waals surface area contributed by atoms with Gasteiger partial charge in [-0.15, -0.1) is 0 Å². The largest absolute Gasteiger partial charge is 0.406 e. The molecule has 4 nitrogen and oxygen atoms in total. The molecule has 0 saturated heterocycles. The Morgan fingerprint density at radius 1 is 1.20 bits per heavy atom. The van der Waals surface area contributed by atoms with E-state index in [0.29, 0.717) is 21.2 Å². The molecule has 0 radical (unpaired) electrons. The van der Waals surface area contributed by atoms with Crippen LogP contribution in [0.15, 0.2) is 23.1 Å². The number of pyridine rings is 1. The van der Waals surface area contributed by atoms with Gasteiger partial charge in [0.1, 0.15) is 34.0 Å². The zero-order valence-corrected chi connectivity index (χ0v) is 12.0. The van der Waals surface area contributed by atoms with E-state index in [9.17, 15) is 13.2 Å². The van der Waals surface area contributed by atoms with Crippen molar-refractivity contribution in [1.82, 2.24) is 19.5 Å². The van der Waals surface area contributed by atoms with Crippen molar-refractivity contribution in [2.24, 2.45) is 0 Å². The number of hydrogen-bond donors (Lipinski definition) is 0. The Kier molecular flexibility index (Phi) is 3.09. The smallest absolute Gasteiger partial charge is 0.326 e. The summed E-state index contributed by atoms with van der Waals surface area (Å²) in [7, 11) is 0. The molecule has 0 saturated carbocycles. The van der Waals surface area contributed by atoms with Crippen molar-refractivity contribution in [3.63, 3.8) is 0 Å². The molecule has 0 aliphatic rings. The molecule has 0 aliphatic carbocycles. The van der Waals surface area contributed by atoms with Gasteiger partial charge in [-0.1, -0.05) is 11.6 Å². The Morgan fingerprint density at radius 2 is 1.95 bits per heavy atom. The van der Waals surface area contributed by atoms with Gasteiger partial charge in [-0.2, -0.15) is 13.2 Å². The molecular weight excluding hydrogens is 361 g/mol. The highest BCUT2D eigenvalue weighted by atomic mass is 79.9. The number of aromatic nitrogens is 4. The van der Waals surface area contributed by atoms with E-state index in [1.807, 2.05) is 0 Å². The van der Waals surface area contributed by atoms with Gasteiger partial charge in [-0.25, -0.2) is 15.0 Å². The summed E-state index contributed by atoms with van der Waals surface area (Å²) in [5.74, 6) is 0. The van der Waals surface area contributed by atoms with Crippen LogP contribution < -0.4 is 0 Å². The van der Waals surface area contributed by atoms with Crippen LogP contribution in [0, 0.1) is 0 Å². The highest BCUT2D eigenvalue weighted by molar-refractivity contribution is 9.10. The minimum Gasteiger partial charge on any atom is -0.326 e. The molecule has 0 amide bonds. The molecule has 0 spiro atoms. The molecule has 104 valence electrons. The molecule has 0 aliphatic heterocycles. The highest BCUT2D eigenvalue weighted by Gasteiger charge is 2.31.